The molecule has 0 unspecified atom stereocenters. The number of H-pyrrole nitrogens is 2. The molecule has 0 radical (unpaired) electrons. The first-order valence-corrected chi connectivity index (χ1v) is 21.9. The van der Waals surface area contributed by atoms with Crippen LogP contribution < -0.4 is 14.8 Å². The number of imidazole rings is 2. The lowest BCUT2D eigenvalue weighted by Crippen LogP contribution is -2.38. The van der Waals surface area contributed by atoms with Gasteiger partial charge in [0, 0.05) is 47.4 Å². The molecule has 12 heteroatoms. The quantitative estimate of drug-likeness (QED) is 0.116. The molecule has 8 aromatic rings. The van der Waals surface area contributed by atoms with Gasteiger partial charge in [-0.1, -0.05) is 68.1 Å². The third kappa shape index (κ3) is 10.8. The van der Waals surface area contributed by atoms with Gasteiger partial charge in [-0.05, 0) is 130 Å². The van der Waals surface area contributed by atoms with Gasteiger partial charge in [-0.25, -0.2) is 24.7 Å². The number of benzene rings is 4. The van der Waals surface area contributed by atoms with Gasteiger partial charge in [0.25, 0.3) is 0 Å². The molecule has 6 heterocycles. The highest BCUT2D eigenvalue weighted by Crippen LogP contribution is 2.30. The van der Waals surface area contributed by atoms with Crippen LogP contribution in [0.25, 0.3) is 45.1 Å². The molecule has 4 aromatic heterocycles. The zero-order valence-corrected chi connectivity index (χ0v) is 35.5. The largest absolute Gasteiger partial charge is 0.489 e. The van der Waals surface area contributed by atoms with Crippen molar-refractivity contribution >= 4 is 28.4 Å². The van der Waals surface area contributed by atoms with E-state index in [9.17, 15) is 4.79 Å². The molecule has 10 rings (SSSR count). The number of pyridine rings is 2. The maximum Gasteiger partial charge on any atom is 0.409 e. The van der Waals surface area contributed by atoms with Gasteiger partial charge in [0.2, 0.25) is 0 Å². The third-order valence-electron chi connectivity index (χ3n) is 11.7. The lowest BCUT2D eigenvalue weighted by molar-refractivity contribution is 0.0968. The Balaban J connectivity index is 0.000000174. The second kappa shape index (κ2) is 20.9. The molecule has 328 valence electrons. The van der Waals surface area contributed by atoms with E-state index in [4.69, 9.17) is 34.1 Å². The van der Waals surface area contributed by atoms with Crippen molar-refractivity contribution in [3.63, 3.8) is 0 Å². The van der Waals surface area contributed by atoms with Crippen LogP contribution in [0, 0.1) is 0 Å². The van der Waals surface area contributed by atoms with Crippen LogP contribution in [0.1, 0.15) is 74.4 Å². The molecule has 0 bridgehead atoms. The summed E-state index contributed by atoms with van der Waals surface area (Å²) in [4.78, 5) is 39.6. The molecule has 2 saturated heterocycles. The number of nitrogens with one attached hydrogen (secondary N) is 3. The molecular formula is C52H56N8O4. The van der Waals surface area contributed by atoms with Crippen molar-refractivity contribution in [1.82, 2.24) is 40.1 Å². The molecule has 2 fully saturated rings. The van der Waals surface area contributed by atoms with Gasteiger partial charge in [0.15, 0.2) is 11.3 Å². The van der Waals surface area contributed by atoms with Crippen molar-refractivity contribution in [1.29, 1.82) is 0 Å². The van der Waals surface area contributed by atoms with Gasteiger partial charge < -0.3 is 34.4 Å². The van der Waals surface area contributed by atoms with Crippen molar-refractivity contribution in [3.8, 4) is 34.3 Å². The summed E-state index contributed by atoms with van der Waals surface area (Å²) in [5.41, 5.74) is 9.87. The fourth-order valence-electron chi connectivity index (χ4n) is 8.13. The minimum absolute atomic E-state index is 0. The minimum Gasteiger partial charge on any atom is -0.489 e. The van der Waals surface area contributed by atoms with E-state index in [2.05, 4.69) is 45.6 Å². The van der Waals surface area contributed by atoms with Crippen LogP contribution in [-0.2, 0) is 18.0 Å². The number of carbonyl (C=O) groups is 1. The summed E-state index contributed by atoms with van der Waals surface area (Å²) in [5.74, 6) is 4.13. The number of nitrogens with zero attached hydrogens (tertiary/aromatic N) is 5. The zero-order chi connectivity index (χ0) is 42.8. The topological polar surface area (TPSA) is 143 Å². The number of likely N-dealkylation sites (tertiary alicyclic amines) is 1. The maximum atomic E-state index is 11.9. The number of ether oxygens (including phenoxy) is 3. The van der Waals surface area contributed by atoms with Crippen LogP contribution in [0.15, 0.2) is 133 Å². The molecule has 2 aliphatic rings. The molecule has 3 N–H and O–H groups in total. The van der Waals surface area contributed by atoms with E-state index in [-0.39, 0.29) is 13.5 Å². The fourth-order valence-corrected chi connectivity index (χ4v) is 8.13. The Morgan fingerprint density at radius 1 is 0.578 bits per heavy atom. The highest BCUT2D eigenvalue weighted by molar-refractivity contribution is 5.77. The number of piperidine rings is 2. The average molecular weight is 857 g/mol. The van der Waals surface area contributed by atoms with Gasteiger partial charge in [-0.2, -0.15) is 0 Å². The number of rotatable bonds is 11. The standard InChI is InChI=1S/C27H28N4O3.C24H24N4O.CH4/c1-2-33-27(32)31-16-14-20(15-17-31)23-12-13-24-26(28-23)30-25(29-24)21-8-10-22(11-9-21)34-18-19-6-4-3-5-7-19;1-2-4-17(5-3-1)16-29-20-8-6-19(7-9-20)23-27-22-11-10-21(26-24(22)28-23)18-12-14-25-15-13-18;/h3-13,20H,2,14-18H2,1H3,(H,28,29,30);1-11,18,25H,12-16H2,(H,26,27,28);1H4. The zero-order valence-electron chi connectivity index (χ0n) is 35.5. The normalized spacial score (nSPS) is 14.4. The molecule has 1 amide bonds. The van der Waals surface area contributed by atoms with E-state index in [0.29, 0.717) is 50.4 Å². The van der Waals surface area contributed by atoms with Gasteiger partial charge >= 0.3 is 6.09 Å². The predicted molar refractivity (Wildman–Crippen MR) is 252 cm³/mol. The van der Waals surface area contributed by atoms with Crippen LogP contribution in [0.5, 0.6) is 11.5 Å². The molecule has 4 aromatic carbocycles. The lowest BCUT2D eigenvalue weighted by atomic mass is 9.93. The molecule has 2 aliphatic heterocycles. The van der Waals surface area contributed by atoms with Crippen molar-refractivity contribution in [3.05, 3.63) is 156 Å². The smallest absolute Gasteiger partial charge is 0.409 e. The first kappa shape index (κ1) is 43.6. The third-order valence-corrected chi connectivity index (χ3v) is 11.7. The monoisotopic (exact) mass is 856 g/mol. The van der Waals surface area contributed by atoms with Crippen molar-refractivity contribution < 1.29 is 19.0 Å². The van der Waals surface area contributed by atoms with Crippen LogP contribution in [0.2, 0.25) is 0 Å². The molecule has 64 heavy (non-hydrogen) atoms. The summed E-state index contributed by atoms with van der Waals surface area (Å²) in [5, 5.41) is 3.41. The molecule has 12 nitrogen and oxygen atoms in total. The molecular weight excluding hydrogens is 801 g/mol. The lowest BCUT2D eigenvalue weighted by Gasteiger charge is -2.30. The van der Waals surface area contributed by atoms with Gasteiger partial charge in [0.05, 0.1) is 17.6 Å². The van der Waals surface area contributed by atoms with E-state index in [0.717, 1.165) is 112 Å². The summed E-state index contributed by atoms with van der Waals surface area (Å²) in [6.07, 6.45) is 3.80. The number of hydrogen-bond donors (Lipinski definition) is 3. The number of aromatic amines is 2. The molecule has 0 spiro atoms. The average Bonchev–Trinajstić information content (AvgIpc) is 3.99. The number of amides is 1. The van der Waals surface area contributed by atoms with Crippen LogP contribution in [0.3, 0.4) is 0 Å². The molecule has 0 saturated carbocycles. The highest BCUT2D eigenvalue weighted by atomic mass is 16.6. The summed E-state index contributed by atoms with van der Waals surface area (Å²) in [6.45, 7) is 6.84. The maximum absolute atomic E-state index is 11.9. The van der Waals surface area contributed by atoms with Crippen molar-refractivity contribution in [2.45, 2.75) is 65.1 Å². The fraction of sp³-hybridized carbons (Fsp3) is 0.288. The van der Waals surface area contributed by atoms with Crippen molar-refractivity contribution in [2.24, 2.45) is 0 Å². The van der Waals surface area contributed by atoms with Gasteiger partial charge in [-0.3, -0.25) is 0 Å². The number of hydrogen-bond acceptors (Lipinski definition) is 9. The Kier molecular flexibility index (Phi) is 14.2. The van der Waals surface area contributed by atoms with Crippen molar-refractivity contribution in [2.75, 3.05) is 32.8 Å². The van der Waals surface area contributed by atoms with Gasteiger partial charge in [0.1, 0.15) is 36.4 Å². The predicted octanol–water partition coefficient (Wildman–Crippen LogP) is 10.8. The molecule has 0 atom stereocenters. The first-order valence-electron chi connectivity index (χ1n) is 21.9. The summed E-state index contributed by atoms with van der Waals surface area (Å²) in [6, 6.07) is 44.6. The molecule has 0 aliphatic carbocycles. The Labute approximate surface area is 374 Å². The summed E-state index contributed by atoms with van der Waals surface area (Å²) < 4.78 is 16.9. The van der Waals surface area contributed by atoms with E-state index in [1.54, 1.807) is 4.90 Å². The number of aromatic nitrogens is 6. The Morgan fingerprint density at radius 3 is 1.48 bits per heavy atom. The van der Waals surface area contributed by atoms with E-state index in [1.807, 2.05) is 110 Å². The Hall–Kier alpha value is -7.05. The summed E-state index contributed by atoms with van der Waals surface area (Å²) >= 11 is 0. The first-order chi connectivity index (χ1) is 31.0. The Morgan fingerprint density at radius 2 is 1.03 bits per heavy atom. The van der Waals surface area contributed by atoms with Crippen LogP contribution in [0.4, 0.5) is 4.79 Å². The highest BCUT2D eigenvalue weighted by Gasteiger charge is 2.26. The van der Waals surface area contributed by atoms with Crippen LogP contribution in [-0.4, -0.2) is 73.7 Å². The second-order valence-corrected chi connectivity index (χ2v) is 16.0. The van der Waals surface area contributed by atoms with Gasteiger partial charge in [-0.15, -0.1) is 0 Å². The second-order valence-electron chi connectivity index (χ2n) is 16.0. The number of fused-ring (bicyclic) bond motifs is 2. The number of carbonyl (C=O) groups excluding carboxylic acids is 1. The van der Waals surface area contributed by atoms with E-state index < -0.39 is 0 Å². The van der Waals surface area contributed by atoms with Crippen LogP contribution >= 0.6 is 0 Å². The van der Waals surface area contributed by atoms with E-state index in [1.165, 1.54) is 0 Å². The minimum atomic E-state index is -0.224. The van der Waals surface area contributed by atoms with E-state index >= 15 is 0 Å². The Bertz CT molecular complexity index is 2710. The summed E-state index contributed by atoms with van der Waals surface area (Å²) in [7, 11) is 0. The SMILES string of the molecule is C.CCOC(=O)N1CCC(c2ccc3[nH]c(-c4ccc(OCc5ccccc5)cc4)nc3n2)CC1.c1ccc(COc2ccc(-c3nc4nc(C5CCNCC5)ccc4[nH]3)cc2)cc1.